The van der Waals surface area contributed by atoms with Crippen LogP contribution in [0.1, 0.15) is 30.0 Å². The minimum atomic E-state index is -3.93. The highest BCUT2D eigenvalue weighted by atomic mass is 32.2. The van der Waals surface area contributed by atoms with E-state index in [-0.39, 0.29) is 13.0 Å². The Morgan fingerprint density at radius 1 is 1.17 bits per heavy atom. The zero-order chi connectivity index (χ0) is 20.9. The van der Waals surface area contributed by atoms with E-state index in [0.717, 1.165) is 15.1 Å². The van der Waals surface area contributed by atoms with Gasteiger partial charge in [0.2, 0.25) is 0 Å². The first kappa shape index (κ1) is 20.8. The summed E-state index contributed by atoms with van der Waals surface area (Å²) in [6, 6.07) is 10.1. The standard InChI is InChI=1S/C17H20N6O2S.CH2O2/c18-26(24,25)23-10-7-15(17(23)16-11-20-22-21-16)14-3-1-12(2-4-14)13-5-8-19-9-6-13;2-1-3/h1-4,7,10,13,19H,5-6,8-9,11H2,(H2,18,24,25);1H,(H,2,3)/p+1. The number of hydrogen-bond donors (Lipinski definition) is 3. The van der Waals surface area contributed by atoms with Crippen LogP contribution in [0.5, 0.6) is 0 Å². The van der Waals surface area contributed by atoms with Crippen molar-refractivity contribution in [1.29, 1.82) is 0 Å². The van der Waals surface area contributed by atoms with Crippen LogP contribution >= 0.6 is 0 Å². The van der Waals surface area contributed by atoms with Gasteiger partial charge in [0.25, 0.3) is 6.47 Å². The van der Waals surface area contributed by atoms with Crippen molar-refractivity contribution in [2.24, 2.45) is 20.6 Å². The lowest BCUT2D eigenvalue weighted by atomic mass is 9.89. The van der Waals surface area contributed by atoms with E-state index in [1.807, 2.05) is 12.1 Å². The van der Waals surface area contributed by atoms with Gasteiger partial charge < -0.3 is 10.4 Å². The van der Waals surface area contributed by atoms with Crippen molar-refractivity contribution in [3.05, 3.63) is 47.8 Å². The molecule has 10 nitrogen and oxygen atoms in total. The fraction of sp³-hybridized carbons (Fsp3) is 0.333. The number of hydrogen-bond acceptors (Lipinski definition) is 6. The maximum absolute atomic E-state index is 11.9. The highest BCUT2D eigenvalue weighted by molar-refractivity contribution is 7.87. The van der Waals surface area contributed by atoms with Gasteiger partial charge in [-0.1, -0.05) is 24.3 Å². The zero-order valence-corrected chi connectivity index (χ0v) is 16.5. The normalized spacial score (nSPS) is 16.8. The molecule has 3 heterocycles. The molecule has 4 rings (SSSR count). The molecule has 0 saturated carbocycles. The Balaban J connectivity index is 0.000000755. The van der Waals surface area contributed by atoms with Gasteiger partial charge in [0.05, 0.1) is 18.8 Å². The first-order valence-electron chi connectivity index (χ1n) is 9.14. The number of benzene rings is 1. The Hall–Kier alpha value is -2.89. The summed E-state index contributed by atoms with van der Waals surface area (Å²) in [5, 5.41) is 26.0. The minimum absolute atomic E-state index is 0.239. The maximum Gasteiger partial charge on any atom is 0.302 e. The van der Waals surface area contributed by atoms with Gasteiger partial charge in [-0.3, -0.25) is 4.79 Å². The SMILES string of the molecule is NS(=O)(=O)n1ccc(-c2ccc(C3CC[NH2+]CC3)cc2)c1C1=NN=NC1.O=CO. The van der Waals surface area contributed by atoms with E-state index in [1.165, 1.54) is 37.7 Å². The Morgan fingerprint density at radius 2 is 1.83 bits per heavy atom. The zero-order valence-electron chi connectivity index (χ0n) is 15.7. The first-order chi connectivity index (χ1) is 14.0. The summed E-state index contributed by atoms with van der Waals surface area (Å²) >= 11 is 0. The Bertz CT molecular complexity index is 1020. The van der Waals surface area contributed by atoms with Crippen molar-refractivity contribution in [3.63, 3.8) is 0 Å². The first-order valence-corrected chi connectivity index (χ1v) is 10.6. The monoisotopic (exact) mass is 419 g/mol. The number of nitrogens with zero attached hydrogens (tertiary/aromatic N) is 4. The molecule has 0 aliphatic carbocycles. The summed E-state index contributed by atoms with van der Waals surface area (Å²) in [5.74, 6) is 0.597. The molecule has 2 aromatic rings. The van der Waals surface area contributed by atoms with Crippen molar-refractivity contribution in [1.82, 2.24) is 3.97 Å². The third-order valence-corrected chi connectivity index (χ3v) is 5.83. The van der Waals surface area contributed by atoms with Gasteiger partial charge >= 0.3 is 10.2 Å². The second kappa shape index (κ2) is 9.07. The summed E-state index contributed by atoms with van der Waals surface area (Å²) < 4.78 is 24.9. The molecule has 29 heavy (non-hydrogen) atoms. The molecule has 1 saturated heterocycles. The number of rotatable bonds is 4. The molecule has 2 aliphatic heterocycles. The predicted molar refractivity (Wildman–Crippen MR) is 107 cm³/mol. The topological polar surface area (TPSA) is 156 Å². The predicted octanol–water partition coefficient (Wildman–Crippen LogP) is 0.518. The van der Waals surface area contributed by atoms with Crippen LogP contribution in [-0.2, 0) is 15.0 Å². The van der Waals surface area contributed by atoms with Crippen LogP contribution in [0, 0.1) is 0 Å². The van der Waals surface area contributed by atoms with Gasteiger partial charge in [0, 0.05) is 24.6 Å². The van der Waals surface area contributed by atoms with E-state index in [9.17, 15) is 8.42 Å². The molecule has 0 bridgehead atoms. The quantitative estimate of drug-likeness (QED) is 0.617. The molecule has 1 aromatic heterocycles. The fourth-order valence-corrected chi connectivity index (χ4v) is 4.36. The molecule has 1 aromatic carbocycles. The van der Waals surface area contributed by atoms with E-state index in [1.54, 1.807) is 6.07 Å². The van der Waals surface area contributed by atoms with E-state index >= 15 is 0 Å². The molecule has 0 unspecified atom stereocenters. The maximum atomic E-state index is 11.9. The highest BCUT2D eigenvalue weighted by Crippen LogP contribution is 2.30. The van der Waals surface area contributed by atoms with E-state index in [4.69, 9.17) is 15.0 Å². The van der Waals surface area contributed by atoms with Crippen LogP contribution in [0.4, 0.5) is 0 Å². The third kappa shape index (κ3) is 4.75. The van der Waals surface area contributed by atoms with Gasteiger partial charge in [0.15, 0.2) is 0 Å². The summed E-state index contributed by atoms with van der Waals surface area (Å²) in [5.41, 5.74) is 3.93. The van der Waals surface area contributed by atoms with Crippen LogP contribution < -0.4 is 10.5 Å². The smallest absolute Gasteiger partial charge is 0.302 e. The van der Waals surface area contributed by atoms with Crippen LogP contribution in [-0.4, -0.2) is 49.3 Å². The van der Waals surface area contributed by atoms with E-state index in [2.05, 4.69) is 32.9 Å². The molecule has 5 N–H and O–H groups in total. The molecule has 11 heteroatoms. The minimum Gasteiger partial charge on any atom is -0.483 e. The van der Waals surface area contributed by atoms with Gasteiger partial charge in [-0.05, 0) is 28.3 Å². The van der Waals surface area contributed by atoms with Crippen LogP contribution in [0.25, 0.3) is 11.1 Å². The molecule has 2 aliphatic rings. The Labute approximate surface area is 168 Å². The number of nitrogens with two attached hydrogens (primary N) is 2. The lowest BCUT2D eigenvalue weighted by Crippen LogP contribution is -2.86. The fourth-order valence-electron chi connectivity index (χ4n) is 3.68. The second-order valence-corrected chi connectivity index (χ2v) is 8.15. The van der Waals surface area contributed by atoms with Crippen molar-refractivity contribution >= 4 is 22.4 Å². The Morgan fingerprint density at radius 3 is 2.38 bits per heavy atom. The molecule has 1 fully saturated rings. The third-order valence-electron chi connectivity index (χ3n) is 4.98. The van der Waals surface area contributed by atoms with Crippen molar-refractivity contribution in [3.8, 4) is 11.1 Å². The highest BCUT2D eigenvalue weighted by Gasteiger charge is 2.24. The average molecular weight is 419 g/mol. The van der Waals surface area contributed by atoms with Crippen molar-refractivity contribution in [2.75, 3.05) is 19.6 Å². The molecule has 154 valence electrons. The average Bonchev–Trinajstić information content (AvgIpc) is 3.38. The lowest BCUT2D eigenvalue weighted by molar-refractivity contribution is -0.663. The molecule has 0 atom stereocenters. The molecule has 0 radical (unpaired) electrons. The summed E-state index contributed by atoms with van der Waals surface area (Å²) in [7, 11) is -3.93. The van der Waals surface area contributed by atoms with Crippen molar-refractivity contribution < 1.29 is 23.6 Å². The van der Waals surface area contributed by atoms with E-state index in [0.29, 0.717) is 17.3 Å². The van der Waals surface area contributed by atoms with Gasteiger partial charge in [0.1, 0.15) is 12.3 Å². The van der Waals surface area contributed by atoms with E-state index < -0.39 is 10.2 Å². The molecule has 0 amide bonds. The summed E-state index contributed by atoms with van der Waals surface area (Å²) in [6.45, 7) is 2.32. The van der Waals surface area contributed by atoms with Crippen LogP contribution in [0.3, 0.4) is 0 Å². The van der Waals surface area contributed by atoms with Crippen LogP contribution in [0.2, 0.25) is 0 Å². The molecular formula is C18H23N6O4S+. The Kier molecular flexibility index (Phi) is 6.52. The number of quaternary nitrogens is 1. The number of carbonyl (C=O) groups is 1. The van der Waals surface area contributed by atoms with Gasteiger partial charge in [-0.2, -0.15) is 13.5 Å². The number of piperidine rings is 1. The summed E-state index contributed by atoms with van der Waals surface area (Å²) in [4.78, 5) is 8.36. The lowest BCUT2D eigenvalue weighted by Gasteiger charge is -2.20. The van der Waals surface area contributed by atoms with Crippen molar-refractivity contribution in [2.45, 2.75) is 18.8 Å². The number of carboxylic acid groups (broad SMARTS) is 1. The van der Waals surface area contributed by atoms with Crippen LogP contribution in [0.15, 0.2) is 52.0 Å². The van der Waals surface area contributed by atoms with Gasteiger partial charge in [-0.15, -0.1) is 5.10 Å². The number of aromatic nitrogens is 1. The summed E-state index contributed by atoms with van der Waals surface area (Å²) in [6.07, 6.45) is 3.82. The van der Waals surface area contributed by atoms with Gasteiger partial charge in [-0.25, -0.2) is 9.11 Å². The largest absolute Gasteiger partial charge is 0.483 e. The molecular weight excluding hydrogens is 396 g/mol. The second-order valence-electron chi connectivity index (χ2n) is 6.72. The molecule has 0 spiro atoms.